The van der Waals surface area contributed by atoms with Gasteiger partial charge in [-0.15, -0.1) is 6.58 Å². The number of hydrogen-bond donors (Lipinski definition) is 0. The van der Waals surface area contributed by atoms with E-state index in [9.17, 15) is 4.79 Å². The zero-order chi connectivity index (χ0) is 8.15. The molecule has 0 aromatic rings. The third kappa shape index (κ3) is 2.81. The maximum absolute atomic E-state index is 11.2. The number of rotatable bonds is 4. The standard InChI is InChI=1S/C9H16O/c1-5-6-8(4)9(10)7(2)3/h5,7-8H,1,6H2,2-4H3/t8-/m1/s1. The highest BCUT2D eigenvalue weighted by Gasteiger charge is 2.13. The van der Waals surface area contributed by atoms with Gasteiger partial charge in [-0.2, -0.15) is 0 Å². The average Bonchev–Trinajstić information content (AvgIpc) is 1.87. The Hall–Kier alpha value is -0.590. The van der Waals surface area contributed by atoms with Gasteiger partial charge >= 0.3 is 0 Å². The van der Waals surface area contributed by atoms with Crippen molar-refractivity contribution in [1.29, 1.82) is 0 Å². The normalized spacial score (nSPS) is 13.2. The van der Waals surface area contributed by atoms with Crippen LogP contribution in [-0.2, 0) is 4.79 Å². The Labute approximate surface area is 63.1 Å². The van der Waals surface area contributed by atoms with Crippen LogP contribution in [0.15, 0.2) is 12.7 Å². The molecule has 0 saturated carbocycles. The van der Waals surface area contributed by atoms with Crippen molar-refractivity contribution in [1.82, 2.24) is 0 Å². The largest absolute Gasteiger partial charge is 0.299 e. The Morgan fingerprint density at radius 2 is 2.00 bits per heavy atom. The van der Waals surface area contributed by atoms with Crippen LogP contribution in [0, 0.1) is 11.8 Å². The fourth-order valence-electron chi connectivity index (χ4n) is 0.935. The van der Waals surface area contributed by atoms with E-state index >= 15 is 0 Å². The van der Waals surface area contributed by atoms with Gasteiger partial charge in [0.2, 0.25) is 0 Å². The molecule has 0 aliphatic rings. The summed E-state index contributed by atoms with van der Waals surface area (Å²) in [7, 11) is 0. The van der Waals surface area contributed by atoms with Gasteiger partial charge in [-0.3, -0.25) is 4.79 Å². The van der Waals surface area contributed by atoms with E-state index in [1.54, 1.807) is 6.08 Å². The maximum Gasteiger partial charge on any atom is 0.138 e. The van der Waals surface area contributed by atoms with Crippen LogP contribution >= 0.6 is 0 Å². The Bertz CT molecular complexity index is 125. The molecular weight excluding hydrogens is 124 g/mol. The molecular formula is C9H16O. The van der Waals surface area contributed by atoms with Crippen LogP contribution in [0.25, 0.3) is 0 Å². The first kappa shape index (κ1) is 9.41. The third-order valence-electron chi connectivity index (χ3n) is 1.57. The van der Waals surface area contributed by atoms with E-state index in [1.165, 1.54) is 0 Å². The first-order valence-corrected chi connectivity index (χ1v) is 3.74. The monoisotopic (exact) mass is 140 g/mol. The van der Waals surface area contributed by atoms with E-state index in [2.05, 4.69) is 6.58 Å². The van der Waals surface area contributed by atoms with E-state index in [4.69, 9.17) is 0 Å². The summed E-state index contributed by atoms with van der Waals surface area (Å²) in [5.41, 5.74) is 0. The van der Waals surface area contributed by atoms with Crippen molar-refractivity contribution in [3.63, 3.8) is 0 Å². The first-order valence-electron chi connectivity index (χ1n) is 3.74. The van der Waals surface area contributed by atoms with Crippen LogP contribution in [0.3, 0.4) is 0 Å². The quantitative estimate of drug-likeness (QED) is 0.548. The highest BCUT2D eigenvalue weighted by atomic mass is 16.1. The molecule has 0 amide bonds. The topological polar surface area (TPSA) is 17.1 Å². The Morgan fingerprint density at radius 1 is 1.50 bits per heavy atom. The summed E-state index contributed by atoms with van der Waals surface area (Å²) >= 11 is 0. The van der Waals surface area contributed by atoms with Crippen LogP contribution in [-0.4, -0.2) is 5.78 Å². The molecule has 1 atom stereocenters. The molecule has 0 spiro atoms. The maximum atomic E-state index is 11.2. The molecule has 0 aromatic carbocycles. The molecule has 0 aromatic heterocycles. The molecule has 0 fully saturated rings. The van der Waals surface area contributed by atoms with Crippen molar-refractivity contribution in [3.05, 3.63) is 12.7 Å². The van der Waals surface area contributed by atoms with Gasteiger partial charge in [0.25, 0.3) is 0 Å². The minimum Gasteiger partial charge on any atom is -0.299 e. The lowest BCUT2D eigenvalue weighted by Crippen LogP contribution is -2.16. The summed E-state index contributed by atoms with van der Waals surface area (Å²) in [6.07, 6.45) is 2.60. The van der Waals surface area contributed by atoms with Gasteiger partial charge < -0.3 is 0 Å². The molecule has 58 valence electrons. The minimum absolute atomic E-state index is 0.150. The predicted molar refractivity (Wildman–Crippen MR) is 43.8 cm³/mol. The Morgan fingerprint density at radius 3 is 2.30 bits per heavy atom. The minimum atomic E-state index is 0.150. The molecule has 0 N–H and O–H groups in total. The molecule has 0 saturated heterocycles. The predicted octanol–water partition coefficient (Wildman–Crippen LogP) is 2.42. The summed E-state index contributed by atoms with van der Waals surface area (Å²) < 4.78 is 0. The molecule has 0 bridgehead atoms. The number of allylic oxidation sites excluding steroid dienone is 1. The summed E-state index contributed by atoms with van der Waals surface area (Å²) in [5, 5.41) is 0. The lowest BCUT2D eigenvalue weighted by molar-refractivity contribution is -0.125. The average molecular weight is 140 g/mol. The molecule has 1 heteroatoms. The van der Waals surface area contributed by atoms with Crippen LogP contribution in [0.5, 0.6) is 0 Å². The SMILES string of the molecule is C=CC[C@@H](C)C(=O)C(C)C. The summed E-state index contributed by atoms with van der Waals surface area (Å²) in [6, 6.07) is 0. The van der Waals surface area contributed by atoms with Gasteiger partial charge in [0.05, 0.1) is 0 Å². The Kier molecular flexibility index (Phi) is 4.01. The summed E-state index contributed by atoms with van der Waals surface area (Å²) in [4.78, 5) is 11.2. The van der Waals surface area contributed by atoms with Gasteiger partial charge in [-0.25, -0.2) is 0 Å². The second-order valence-corrected chi connectivity index (χ2v) is 2.98. The molecule has 1 nitrogen and oxygen atoms in total. The van der Waals surface area contributed by atoms with Crippen LogP contribution in [0.1, 0.15) is 27.2 Å². The number of Topliss-reactive ketones (excluding diaryl/α,β-unsaturated/α-hetero) is 1. The molecule has 0 aliphatic carbocycles. The first-order chi connectivity index (χ1) is 4.59. The Balaban J connectivity index is 3.81. The van der Waals surface area contributed by atoms with Crippen molar-refractivity contribution < 1.29 is 4.79 Å². The molecule has 0 rings (SSSR count). The summed E-state index contributed by atoms with van der Waals surface area (Å²) in [5.74, 6) is 0.646. The molecule has 0 radical (unpaired) electrons. The van der Waals surface area contributed by atoms with Gasteiger partial charge in [-0.1, -0.05) is 26.8 Å². The second-order valence-electron chi connectivity index (χ2n) is 2.98. The highest BCUT2D eigenvalue weighted by molar-refractivity contribution is 5.82. The fraction of sp³-hybridized carbons (Fsp3) is 0.667. The van der Waals surface area contributed by atoms with Crippen molar-refractivity contribution in [2.24, 2.45) is 11.8 Å². The number of hydrogen-bond acceptors (Lipinski definition) is 1. The van der Waals surface area contributed by atoms with Gasteiger partial charge in [-0.05, 0) is 6.42 Å². The van der Waals surface area contributed by atoms with Gasteiger partial charge in [0.15, 0.2) is 0 Å². The van der Waals surface area contributed by atoms with Gasteiger partial charge in [0, 0.05) is 11.8 Å². The van der Waals surface area contributed by atoms with Gasteiger partial charge in [0.1, 0.15) is 5.78 Å². The van der Waals surface area contributed by atoms with Crippen LogP contribution in [0.2, 0.25) is 0 Å². The lowest BCUT2D eigenvalue weighted by Gasteiger charge is -2.09. The highest BCUT2D eigenvalue weighted by Crippen LogP contribution is 2.09. The smallest absolute Gasteiger partial charge is 0.138 e. The fourth-order valence-corrected chi connectivity index (χ4v) is 0.935. The van der Waals surface area contributed by atoms with Crippen LogP contribution in [0.4, 0.5) is 0 Å². The summed E-state index contributed by atoms with van der Waals surface area (Å²) in [6.45, 7) is 9.40. The van der Waals surface area contributed by atoms with E-state index in [-0.39, 0.29) is 11.8 Å². The molecule has 0 aliphatic heterocycles. The van der Waals surface area contributed by atoms with Crippen LogP contribution < -0.4 is 0 Å². The molecule has 10 heavy (non-hydrogen) atoms. The lowest BCUT2D eigenvalue weighted by atomic mass is 9.94. The van der Waals surface area contributed by atoms with E-state index in [0.717, 1.165) is 6.42 Å². The third-order valence-corrected chi connectivity index (χ3v) is 1.57. The second kappa shape index (κ2) is 4.26. The van der Waals surface area contributed by atoms with Crippen molar-refractivity contribution in [2.75, 3.05) is 0 Å². The number of ketones is 1. The van der Waals surface area contributed by atoms with Crippen molar-refractivity contribution in [3.8, 4) is 0 Å². The molecule has 0 unspecified atom stereocenters. The van der Waals surface area contributed by atoms with E-state index < -0.39 is 0 Å². The van der Waals surface area contributed by atoms with Crippen molar-refractivity contribution >= 4 is 5.78 Å². The van der Waals surface area contributed by atoms with Crippen molar-refractivity contribution in [2.45, 2.75) is 27.2 Å². The number of carbonyl (C=O) groups excluding carboxylic acids is 1. The molecule has 0 heterocycles. The van der Waals surface area contributed by atoms with E-state index in [1.807, 2.05) is 20.8 Å². The zero-order valence-corrected chi connectivity index (χ0v) is 7.05. The number of carbonyl (C=O) groups is 1. The zero-order valence-electron chi connectivity index (χ0n) is 7.05. The van der Waals surface area contributed by atoms with E-state index in [0.29, 0.717) is 5.78 Å².